The molecule has 0 aliphatic carbocycles. The maximum absolute atomic E-state index is 12.6. The van der Waals surface area contributed by atoms with Crippen molar-refractivity contribution in [3.8, 4) is 0 Å². The van der Waals surface area contributed by atoms with Gasteiger partial charge in [0.25, 0.3) is 5.91 Å². The van der Waals surface area contributed by atoms with Crippen LogP contribution in [-0.2, 0) is 16.1 Å². The van der Waals surface area contributed by atoms with Gasteiger partial charge in [-0.05, 0) is 25.1 Å². The van der Waals surface area contributed by atoms with E-state index in [9.17, 15) is 9.59 Å². The molecule has 3 rings (SSSR count). The van der Waals surface area contributed by atoms with E-state index in [2.05, 4.69) is 15.0 Å². The number of para-hydroxylation sites is 1. The molecule has 0 aliphatic heterocycles. The molecule has 6 nitrogen and oxygen atoms in total. The quantitative estimate of drug-likeness (QED) is 0.726. The molecule has 1 N–H and O–H groups in total. The zero-order valence-electron chi connectivity index (χ0n) is 14.1. The zero-order chi connectivity index (χ0) is 17.8. The summed E-state index contributed by atoms with van der Waals surface area (Å²) in [6, 6.07) is 12.7. The summed E-state index contributed by atoms with van der Waals surface area (Å²) in [5, 5.41) is 3.50. The summed E-state index contributed by atoms with van der Waals surface area (Å²) in [4.78, 5) is 28.5. The number of carbonyl (C=O) groups excluding carboxylic acids is 2. The van der Waals surface area contributed by atoms with Crippen LogP contribution < -0.4 is 5.32 Å². The zero-order valence-corrected chi connectivity index (χ0v) is 14.1. The average Bonchev–Trinajstić information content (AvgIpc) is 3.00. The molecule has 0 spiro atoms. The van der Waals surface area contributed by atoms with Gasteiger partial charge in [0.15, 0.2) is 0 Å². The van der Waals surface area contributed by atoms with E-state index >= 15 is 0 Å². The van der Waals surface area contributed by atoms with Crippen LogP contribution in [0.2, 0.25) is 0 Å². The molecule has 0 saturated heterocycles. The number of esters is 1. The van der Waals surface area contributed by atoms with E-state index in [1.54, 1.807) is 19.3 Å². The van der Waals surface area contributed by atoms with Gasteiger partial charge in [0, 0.05) is 23.3 Å². The Bertz CT molecular complexity index is 903. The van der Waals surface area contributed by atoms with Gasteiger partial charge in [-0.1, -0.05) is 24.3 Å². The Morgan fingerprint density at radius 2 is 1.96 bits per heavy atom. The van der Waals surface area contributed by atoms with E-state index in [1.807, 2.05) is 47.0 Å². The highest BCUT2D eigenvalue weighted by molar-refractivity contribution is 6.07. The molecule has 1 amide bonds. The van der Waals surface area contributed by atoms with Crippen molar-refractivity contribution in [2.24, 2.45) is 0 Å². The molecule has 2 aromatic heterocycles. The molecule has 0 radical (unpaired) electrons. The molecular weight excluding hydrogens is 318 g/mol. The Balaban J connectivity index is 1.93. The van der Waals surface area contributed by atoms with Crippen LogP contribution in [0.25, 0.3) is 10.9 Å². The SMILES string of the molecule is COC(=O)[C@H](C)NC(=O)c1cn(Cc2ccccn2)c2ccccc12. The number of amides is 1. The molecule has 0 bridgehead atoms. The van der Waals surface area contributed by atoms with Crippen LogP contribution in [0.15, 0.2) is 54.9 Å². The number of nitrogens with one attached hydrogen (secondary N) is 1. The Labute approximate surface area is 145 Å². The summed E-state index contributed by atoms with van der Waals surface area (Å²) in [7, 11) is 1.30. The first-order valence-corrected chi connectivity index (χ1v) is 7.96. The summed E-state index contributed by atoms with van der Waals surface area (Å²) < 4.78 is 6.63. The fraction of sp³-hybridized carbons (Fsp3) is 0.211. The third-order valence-electron chi connectivity index (χ3n) is 3.99. The van der Waals surface area contributed by atoms with E-state index in [-0.39, 0.29) is 5.91 Å². The highest BCUT2D eigenvalue weighted by Crippen LogP contribution is 2.22. The van der Waals surface area contributed by atoms with Crippen molar-refractivity contribution in [3.05, 3.63) is 66.1 Å². The molecule has 128 valence electrons. The van der Waals surface area contributed by atoms with Crippen molar-refractivity contribution in [1.82, 2.24) is 14.9 Å². The average molecular weight is 337 g/mol. The summed E-state index contributed by atoms with van der Waals surface area (Å²) in [5.74, 6) is -0.792. The van der Waals surface area contributed by atoms with E-state index in [4.69, 9.17) is 0 Å². The lowest BCUT2D eigenvalue weighted by atomic mass is 10.1. The highest BCUT2D eigenvalue weighted by Gasteiger charge is 2.20. The number of aromatic nitrogens is 2. The first kappa shape index (κ1) is 16.7. The molecule has 0 unspecified atom stereocenters. The van der Waals surface area contributed by atoms with Gasteiger partial charge < -0.3 is 14.6 Å². The van der Waals surface area contributed by atoms with Crippen molar-refractivity contribution in [3.63, 3.8) is 0 Å². The minimum Gasteiger partial charge on any atom is -0.467 e. The number of ether oxygens (including phenoxy) is 1. The Morgan fingerprint density at radius 1 is 1.20 bits per heavy atom. The van der Waals surface area contributed by atoms with Gasteiger partial charge in [-0.25, -0.2) is 4.79 Å². The number of fused-ring (bicyclic) bond motifs is 1. The molecule has 6 heteroatoms. The molecular formula is C19H19N3O3. The molecule has 2 heterocycles. The maximum Gasteiger partial charge on any atom is 0.328 e. The van der Waals surface area contributed by atoms with Gasteiger partial charge in [-0.2, -0.15) is 0 Å². The van der Waals surface area contributed by atoms with Gasteiger partial charge in [0.2, 0.25) is 0 Å². The number of carbonyl (C=O) groups is 2. The topological polar surface area (TPSA) is 73.2 Å². The second-order valence-electron chi connectivity index (χ2n) is 5.73. The Hall–Kier alpha value is -3.15. The molecule has 0 fully saturated rings. The minimum absolute atomic E-state index is 0.311. The molecule has 1 aromatic carbocycles. The Kier molecular flexibility index (Phi) is 4.79. The van der Waals surface area contributed by atoms with Crippen LogP contribution in [0.1, 0.15) is 23.0 Å². The van der Waals surface area contributed by atoms with Crippen LogP contribution in [0.4, 0.5) is 0 Å². The van der Waals surface area contributed by atoms with E-state index < -0.39 is 12.0 Å². The molecule has 0 saturated carbocycles. The monoisotopic (exact) mass is 337 g/mol. The number of hydrogen-bond donors (Lipinski definition) is 1. The number of benzene rings is 1. The lowest BCUT2D eigenvalue weighted by Gasteiger charge is -2.10. The van der Waals surface area contributed by atoms with Crippen molar-refractivity contribution < 1.29 is 14.3 Å². The number of methoxy groups -OCH3 is 1. The number of pyridine rings is 1. The van der Waals surface area contributed by atoms with Crippen molar-refractivity contribution in [2.45, 2.75) is 19.5 Å². The van der Waals surface area contributed by atoms with Crippen LogP contribution in [0, 0.1) is 0 Å². The van der Waals surface area contributed by atoms with Crippen molar-refractivity contribution >= 4 is 22.8 Å². The molecule has 0 aliphatic rings. The third-order valence-corrected chi connectivity index (χ3v) is 3.99. The van der Waals surface area contributed by atoms with Crippen molar-refractivity contribution in [2.75, 3.05) is 7.11 Å². The van der Waals surface area contributed by atoms with Gasteiger partial charge >= 0.3 is 5.97 Å². The maximum atomic E-state index is 12.6. The van der Waals surface area contributed by atoms with Gasteiger partial charge in [-0.15, -0.1) is 0 Å². The predicted octanol–water partition coefficient (Wildman–Crippen LogP) is 2.38. The van der Waals surface area contributed by atoms with Gasteiger partial charge in [0.1, 0.15) is 6.04 Å². The van der Waals surface area contributed by atoms with Gasteiger partial charge in [-0.3, -0.25) is 9.78 Å². The largest absolute Gasteiger partial charge is 0.467 e. The fourth-order valence-electron chi connectivity index (χ4n) is 2.73. The molecule has 3 aromatic rings. The summed E-state index contributed by atoms with van der Waals surface area (Å²) in [5.41, 5.74) is 2.35. The summed E-state index contributed by atoms with van der Waals surface area (Å²) >= 11 is 0. The van der Waals surface area contributed by atoms with Crippen LogP contribution in [-0.4, -0.2) is 34.6 Å². The van der Waals surface area contributed by atoms with E-state index in [1.165, 1.54) is 7.11 Å². The summed E-state index contributed by atoms with van der Waals surface area (Å²) in [6.45, 7) is 2.15. The summed E-state index contributed by atoms with van der Waals surface area (Å²) in [6.07, 6.45) is 3.53. The predicted molar refractivity (Wildman–Crippen MR) is 94.2 cm³/mol. The standard InChI is InChI=1S/C19H19N3O3/c1-13(19(24)25-2)21-18(23)16-12-22(11-14-7-5-6-10-20-14)17-9-4-3-8-15(16)17/h3-10,12-13H,11H2,1-2H3,(H,21,23)/t13-/m0/s1. The van der Waals surface area contributed by atoms with Crippen molar-refractivity contribution in [1.29, 1.82) is 0 Å². The second-order valence-corrected chi connectivity index (χ2v) is 5.73. The number of nitrogens with zero attached hydrogens (tertiary/aromatic N) is 2. The van der Waals surface area contributed by atoms with E-state index in [0.29, 0.717) is 12.1 Å². The minimum atomic E-state index is -0.713. The highest BCUT2D eigenvalue weighted by atomic mass is 16.5. The normalized spacial score (nSPS) is 11.9. The van der Waals surface area contributed by atoms with Crippen LogP contribution in [0.5, 0.6) is 0 Å². The molecule has 25 heavy (non-hydrogen) atoms. The number of rotatable bonds is 5. The fourth-order valence-corrected chi connectivity index (χ4v) is 2.73. The smallest absolute Gasteiger partial charge is 0.328 e. The van der Waals surface area contributed by atoms with Gasteiger partial charge in [0.05, 0.1) is 24.9 Å². The second kappa shape index (κ2) is 7.17. The first-order chi connectivity index (χ1) is 12.1. The first-order valence-electron chi connectivity index (χ1n) is 7.96. The van der Waals surface area contributed by atoms with Crippen LogP contribution >= 0.6 is 0 Å². The van der Waals surface area contributed by atoms with E-state index in [0.717, 1.165) is 16.6 Å². The number of hydrogen-bond acceptors (Lipinski definition) is 4. The molecule has 1 atom stereocenters. The lowest BCUT2D eigenvalue weighted by Crippen LogP contribution is -2.39. The Morgan fingerprint density at radius 3 is 2.68 bits per heavy atom. The van der Waals surface area contributed by atoms with Crippen LogP contribution in [0.3, 0.4) is 0 Å². The third kappa shape index (κ3) is 3.52. The lowest BCUT2D eigenvalue weighted by molar-refractivity contribution is -0.142.